The van der Waals surface area contributed by atoms with E-state index in [0.717, 1.165) is 45.2 Å². The number of piperidine rings is 1. The number of rotatable bonds is 11. The van der Waals surface area contributed by atoms with Gasteiger partial charge in [0.1, 0.15) is 12.3 Å². The van der Waals surface area contributed by atoms with Gasteiger partial charge in [0.15, 0.2) is 5.69 Å². The van der Waals surface area contributed by atoms with Crippen LogP contribution >= 0.6 is 0 Å². The molecule has 0 aromatic carbocycles. The van der Waals surface area contributed by atoms with Crippen LogP contribution in [0.15, 0.2) is 10.7 Å². The predicted octanol–water partition coefficient (Wildman–Crippen LogP) is 2.77. The lowest BCUT2D eigenvalue weighted by atomic mass is 9.98. The lowest BCUT2D eigenvalue weighted by Gasteiger charge is -2.25. The first-order chi connectivity index (χ1) is 14.4. The Balaban J connectivity index is 2.10. The van der Waals surface area contributed by atoms with Crippen molar-refractivity contribution in [2.24, 2.45) is 11.8 Å². The van der Waals surface area contributed by atoms with Gasteiger partial charge in [0.2, 0.25) is 18.2 Å². The van der Waals surface area contributed by atoms with E-state index in [0.29, 0.717) is 17.9 Å². The van der Waals surface area contributed by atoms with Crippen molar-refractivity contribution in [3.8, 4) is 0 Å². The van der Waals surface area contributed by atoms with Gasteiger partial charge >= 0.3 is 0 Å². The molecule has 0 bridgehead atoms. The molecule has 168 valence electrons. The van der Waals surface area contributed by atoms with Crippen LogP contribution in [0.25, 0.3) is 0 Å². The molecule has 1 aliphatic rings. The summed E-state index contributed by atoms with van der Waals surface area (Å²) in [5, 5.41) is 13.0. The number of hydrogen-bond acceptors (Lipinski definition) is 6. The highest BCUT2D eigenvalue weighted by atomic mass is 16.5. The van der Waals surface area contributed by atoms with Crippen molar-refractivity contribution >= 4 is 18.2 Å². The SMILES string of the molecule is CCCC[C@H](CN(O)C=O)C(=O)N[C@H](c1nc(C(=O)N2CCCCC2)co1)C(C)C. The predicted molar refractivity (Wildman–Crippen MR) is 110 cm³/mol. The topological polar surface area (TPSA) is 116 Å². The Morgan fingerprint density at radius 3 is 2.63 bits per heavy atom. The summed E-state index contributed by atoms with van der Waals surface area (Å²) in [6.07, 6.45) is 6.98. The van der Waals surface area contributed by atoms with Crippen LogP contribution in [-0.4, -0.2) is 58.0 Å². The van der Waals surface area contributed by atoms with E-state index in [9.17, 15) is 19.6 Å². The molecule has 0 spiro atoms. The number of likely N-dealkylation sites (tertiary alicyclic amines) is 1. The molecule has 3 amide bonds. The Bertz CT molecular complexity index is 699. The van der Waals surface area contributed by atoms with Gasteiger partial charge in [-0.15, -0.1) is 0 Å². The molecule has 1 saturated heterocycles. The number of oxazole rings is 1. The molecule has 1 aromatic heterocycles. The third kappa shape index (κ3) is 6.55. The number of aromatic nitrogens is 1. The van der Waals surface area contributed by atoms with Gasteiger partial charge in [-0.2, -0.15) is 0 Å². The van der Waals surface area contributed by atoms with Crippen molar-refractivity contribution in [2.45, 2.75) is 65.3 Å². The van der Waals surface area contributed by atoms with E-state index in [1.165, 1.54) is 6.26 Å². The minimum absolute atomic E-state index is 0.0336. The molecule has 1 aromatic rings. The molecule has 2 N–H and O–H groups in total. The summed E-state index contributed by atoms with van der Waals surface area (Å²) in [5.74, 6) is -0.741. The van der Waals surface area contributed by atoms with Crippen LogP contribution in [0.1, 0.15) is 81.7 Å². The molecule has 2 atom stereocenters. The molecular formula is C21H34N4O5. The minimum Gasteiger partial charge on any atom is -0.446 e. The largest absolute Gasteiger partial charge is 0.446 e. The number of amides is 3. The van der Waals surface area contributed by atoms with Gasteiger partial charge in [0.05, 0.1) is 12.5 Å². The summed E-state index contributed by atoms with van der Waals surface area (Å²) in [7, 11) is 0. The first kappa shape index (κ1) is 23.9. The third-order valence-electron chi connectivity index (χ3n) is 5.42. The number of unbranched alkanes of at least 4 members (excludes halogenated alkanes) is 1. The van der Waals surface area contributed by atoms with Crippen LogP contribution in [0.4, 0.5) is 0 Å². The van der Waals surface area contributed by atoms with Crippen molar-refractivity contribution in [1.29, 1.82) is 0 Å². The Labute approximate surface area is 177 Å². The summed E-state index contributed by atoms with van der Waals surface area (Å²) < 4.78 is 5.57. The van der Waals surface area contributed by atoms with Crippen molar-refractivity contribution in [3.05, 3.63) is 17.8 Å². The molecular weight excluding hydrogens is 388 g/mol. The molecule has 9 heteroatoms. The molecule has 30 heavy (non-hydrogen) atoms. The quantitative estimate of drug-likeness (QED) is 0.322. The zero-order valence-corrected chi connectivity index (χ0v) is 18.2. The number of carbonyl (C=O) groups excluding carboxylic acids is 3. The fraction of sp³-hybridized carbons (Fsp3) is 0.714. The lowest BCUT2D eigenvalue weighted by molar-refractivity contribution is -0.154. The van der Waals surface area contributed by atoms with Crippen molar-refractivity contribution in [3.63, 3.8) is 0 Å². The highest BCUT2D eigenvalue weighted by molar-refractivity contribution is 5.92. The second-order valence-electron chi connectivity index (χ2n) is 8.22. The first-order valence-electron chi connectivity index (χ1n) is 10.8. The van der Waals surface area contributed by atoms with Crippen LogP contribution in [0.3, 0.4) is 0 Å². The van der Waals surface area contributed by atoms with Crippen molar-refractivity contribution < 1.29 is 24.0 Å². The highest BCUT2D eigenvalue weighted by Gasteiger charge is 2.29. The van der Waals surface area contributed by atoms with Gasteiger partial charge in [0.25, 0.3) is 5.91 Å². The maximum absolute atomic E-state index is 12.9. The third-order valence-corrected chi connectivity index (χ3v) is 5.42. The maximum atomic E-state index is 12.9. The summed E-state index contributed by atoms with van der Waals surface area (Å²) in [6.45, 7) is 7.22. The molecule has 0 saturated carbocycles. The Morgan fingerprint density at radius 1 is 1.33 bits per heavy atom. The second kappa shape index (κ2) is 11.7. The number of hydrogen-bond donors (Lipinski definition) is 2. The fourth-order valence-corrected chi connectivity index (χ4v) is 3.60. The zero-order valence-electron chi connectivity index (χ0n) is 18.2. The molecule has 2 rings (SSSR count). The van der Waals surface area contributed by atoms with Crippen LogP contribution in [0, 0.1) is 11.8 Å². The molecule has 1 aliphatic heterocycles. The molecule has 9 nitrogen and oxygen atoms in total. The van der Waals surface area contributed by atoms with E-state index in [1.54, 1.807) is 4.90 Å². The van der Waals surface area contributed by atoms with E-state index < -0.39 is 12.0 Å². The Morgan fingerprint density at radius 2 is 2.03 bits per heavy atom. The van der Waals surface area contributed by atoms with E-state index >= 15 is 0 Å². The average Bonchev–Trinajstić information content (AvgIpc) is 3.24. The average molecular weight is 423 g/mol. The van der Waals surface area contributed by atoms with Gasteiger partial charge in [-0.3, -0.25) is 19.6 Å². The van der Waals surface area contributed by atoms with E-state index in [2.05, 4.69) is 10.3 Å². The van der Waals surface area contributed by atoms with Crippen LogP contribution in [0.5, 0.6) is 0 Å². The summed E-state index contributed by atoms with van der Waals surface area (Å²) in [5.41, 5.74) is 0.247. The summed E-state index contributed by atoms with van der Waals surface area (Å²) in [6, 6.07) is -0.520. The Hall–Kier alpha value is -2.42. The first-order valence-corrected chi connectivity index (χ1v) is 10.8. The number of hydroxylamine groups is 2. The molecule has 0 radical (unpaired) electrons. The maximum Gasteiger partial charge on any atom is 0.275 e. The standard InChI is InChI=1S/C21H34N4O5/c1-4-5-9-16(12-25(29)14-26)19(27)23-18(15(2)3)20-22-17(13-30-20)21(28)24-10-7-6-8-11-24/h13-16,18,29H,4-12H2,1-3H3,(H,23,27)/t16-,18+/m1/s1. The van der Waals surface area contributed by atoms with E-state index in [-0.39, 0.29) is 35.9 Å². The molecule has 0 unspecified atom stereocenters. The smallest absolute Gasteiger partial charge is 0.275 e. The van der Waals surface area contributed by atoms with E-state index in [1.807, 2.05) is 20.8 Å². The van der Waals surface area contributed by atoms with Gasteiger partial charge < -0.3 is 14.6 Å². The highest BCUT2D eigenvalue weighted by Crippen LogP contribution is 2.23. The monoisotopic (exact) mass is 422 g/mol. The second-order valence-corrected chi connectivity index (χ2v) is 8.22. The molecule has 0 aliphatic carbocycles. The zero-order chi connectivity index (χ0) is 22.1. The molecule has 1 fully saturated rings. The lowest BCUT2D eigenvalue weighted by Crippen LogP contribution is -2.41. The van der Waals surface area contributed by atoms with Crippen LogP contribution < -0.4 is 5.32 Å². The minimum atomic E-state index is -0.550. The summed E-state index contributed by atoms with van der Waals surface area (Å²) >= 11 is 0. The molecule has 2 heterocycles. The van der Waals surface area contributed by atoms with E-state index in [4.69, 9.17) is 4.42 Å². The number of nitrogens with zero attached hydrogens (tertiary/aromatic N) is 3. The van der Waals surface area contributed by atoms with Gasteiger partial charge in [-0.1, -0.05) is 33.6 Å². The number of carbonyl (C=O) groups is 3. The van der Waals surface area contributed by atoms with Crippen LogP contribution in [-0.2, 0) is 9.59 Å². The summed E-state index contributed by atoms with van der Waals surface area (Å²) in [4.78, 5) is 42.4. The Kier molecular flexibility index (Phi) is 9.29. The fourth-order valence-electron chi connectivity index (χ4n) is 3.60. The van der Waals surface area contributed by atoms with Gasteiger partial charge in [0, 0.05) is 13.1 Å². The van der Waals surface area contributed by atoms with Crippen molar-refractivity contribution in [2.75, 3.05) is 19.6 Å². The van der Waals surface area contributed by atoms with Crippen LogP contribution in [0.2, 0.25) is 0 Å². The number of nitrogens with one attached hydrogen (secondary N) is 1. The van der Waals surface area contributed by atoms with Gasteiger partial charge in [-0.25, -0.2) is 10.0 Å². The van der Waals surface area contributed by atoms with Gasteiger partial charge in [-0.05, 0) is 31.6 Å². The normalized spacial score (nSPS) is 16.2. The van der Waals surface area contributed by atoms with Crippen molar-refractivity contribution in [1.82, 2.24) is 20.3 Å².